The van der Waals surface area contributed by atoms with Gasteiger partial charge in [0.2, 0.25) is 0 Å². The number of hydroxylamine groups is 1. The van der Waals surface area contributed by atoms with Crippen molar-refractivity contribution < 1.29 is 19.5 Å². The van der Waals surface area contributed by atoms with Gasteiger partial charge in [0.25, 0.3) is 0 Å². The Balaban J connectivity index is 1.80. The molecular weight excluding hydrogens is 418 g/mol. The first-order valence-electron chi connectivity index (χ1n) is 10.9. The minimum atomic E-state index is -0.724. The maximum Gasteiger partial charge on any atom is 0.195 e. The van der Waals surface area contributed by atoms with Crippen LogP contribution < -0.4 is 9.80 Å². The van der Waals surface area contributed by atoms with Crippen molar-refractivity contribution in [2.24, 2.45) is 0 Å². The minimum absolute atomic E-state index is 0.0378. The van der Waals surface area contributed by atoms with E-state index < -0.39 is 6.04 Å². The number of aliphatic hydroxyl groups excluding tert-OH is 1. The predicted molar refractivity (Wildman–Crippen MR) is 125 cm³/mol. The topological polar surface area (TPSA) is 84.8 Å². The minimum Gasteiger partial charge on any atom is -0.509 e. The highest BCUT2D eigenvalue weighted by Crippen LogP contribution is 2.39. The summed E-state index contributed by atoms with van der Waals surface area (Å²) < 4.78 is 5.76. The van der Waals surface area contributed by atoms with Crippen LogP contribution in [0.4, 0.5) is 5.82 Å². The van der Waals surface area contributed by atoms with E-state index in [9.17, 15) is 9.90 Å². The number of ketones is 1. The molecule has 4 rings (SSSR count). The molecule has 0 aliphatic carbocycles. The molecule has 3 aromatic rings. The number of aromatic nitrogens is 2. The third-order valence-electron chi connectivity index (χ3n) is 5.29. The first-order chi connectivity index (χ1) is 15.8. The second kappa shape index (κ2) is 9.42. The summed E-state index contributed by atoms with van der Waals surface area (Å²) in [5.74, 6) is 0.777. The molecule has 1 atom stereocenters. The summed E-state index contributed by atoms with van der Waals surface area (Å²) in [6.07, 6.45) is 0.0378. The standard InChI is InChI=1S/C26H27N3O4/c1-16(2)33-21-12-10-19(11-13-21)25-24(26(31)20-8-5-17(3)6-9-20)22(30)15-32-29(25)23-14-7-18(4)27-28-23/h5-14,16,25,30H,15H2,1-4H3. The molecular formula is C26H27N3O4. The van der Waals surface area contributed by atoms with Crippen LogP contribution in [0.5, 0.6) is 5.75 Å². The van der Waals surface area contributed by atoms with Crippen LogP contribution in [-0.2, 0) is 4.84 Å². The number of carbonyl (C=O) groups excluding carboxylic acids is 1. The van der Waals surface area contributed by atoms with Crippen molar-refractivity contribution in [2.45, 2.75) is 39.8 Å². The Morgan fingerprint density at radius 2 is 1.73 bits per heavy atom. The van der Waals surface area contributed by atoms with Gasteiger partial charge >= 0.3 is 0 Å². The van der Waals surface area contributed by atoms with Crippen LogP contribution in [0.2, 0.25) is 0 Å². The van der Waals surface area contributed by atoms with E-state index in [0.29, 0.717) is 17.1 Å². The second-order valence-electron chi connectivity index (χ2n) is 8.33. The van der Waals surface area contributed by atoms with Crippen LogP contribution in [-0.4, -0.2) is 33.8 Å². The average Bonchev–Trinajstić information content (AvgIpc) is 2.80. The maximum atomic E-state index is 13.6. The normalized spacial score (nSPS) is 16.3. The molecule has 7 nitrogen and oxygen atoms in total. The van der Waals surface area contributed by atoms with Gasteiger partial charge in [-0.05, 0) is 57.5 Å². The number of Topliss-reactive ketones (excluding diaryl/α,β-unsaturated/α-hetero) is 1. The summed E-state index contributed by atoms with van der Waals surface area (Å²) >= 11 is 0. The van der Waals surface area contributed by atoms with Gasteiger partial charge in [-0.25, -0.2) is 5.06 Å². The van der Waals surface area contributed by atoms with E-state index in [1.54, 1.807) is 18.2 Å². The van der Waals surface area contributed by atoms with E-state index in [-0.39, 0.29) is 29.8 Å². The molecule has 0 amide bonds. The average molecular weight is 446 g/mol. The number of ether oxygens (including phenoxy) is 1. The first kappa shape index (κ1) is 22.5. The maximum absolute atomic E-state index is 13.6. The van der Waals surface area contributed by atoms with E-state index in [0.717, 1.165) is 16.8 Å². The highest BCUT2D eigenvalue weighted by atomic mass is 16.7. The number of rotatable bonds is 6. The van der Waals surface area contributed by atoms with Gasteiger partial charge in [0.15, 0.2) is 11.6 Å². The van der Waals surface area contributed by atoms with Crippen molar-refractivity contribution in [2.75, 3.05) is 11.7 Å². The summed E-state index contributed by atoms with van der Waals surface area (Å²) in [4.78, 5) is 19.4. The van der Waals surface area contributed by atoms with Crippen molar-refractivity contribution >= 4 is 11.6 Å². The number of hydrogen-bond donors (Lipinski definition) is 1. The Bertz CT molecular complexity index is 1150. The van der Waals surface area contributed by atoms with Crippen molar-refractivity contribution in [3.05, 3.63) is 94.4 Å². The summed E-state index contributed by atoms with van der Waals surface area (Å²) in [7, 11) is 0. The monoisotopic (exact) mass is 445 g/mol. The van der Waals surface area contributed by atoms with Crippen molar-refractivity contribution in [1.29, 1.82) is 0 Å². The van der Waals surface area contributed by atoms with Gasteiger partial charge in [-0.15, -0.1) is 5.10 Å². The Kier molecular flexibility index (Phi) is 6.42. The van der Waals surface area contributed by atoms with Crippen LogP contribution in [0.1, 0.15) is 47.1 Å². The van der Waals surface area contributed by atoms with Gasteiger partial charge in [-0.3, -0.25) is 9.63 Å². The highest BCUT2D eigenvalue weighted by molar-refractivity contribution is 6.10. The summed E-state index contributed by atoms with van der Waals surface area (Å²) in [6.45, 7) is 7.57. The highest BCUT2D eigenvalue weighted by Gasteiger charge is 2.38. The zero-order valence-electron chi connectivity index (χ0n) is 19.1. The van der Waals surface area contributed by atoms with Crippen LogP contribution in [0.25, 0.3) is 0 Å². The lowest BCUT2D eigenvalue weighted by molar-refractivity contribution is 0.0633. The molecule has 0 saturated heterocycles. The first-order valence-corrected chi connectivity index (χ1v) is 10.9. The molecule has 1 aliphatic heterocycles. The fourth-order valence-electron chi connectivity index (χ4n) is 3.68. The molecule has 0 bridgehead atoms. The van der Waals surface area contributed by atoms with Gasteiger partial charge in [0.1, 0.15) is 24.2 Å². The predicted octanol–water partition coefficient (Wildman–Crippen LogP) is 5.07. The molecule has 1 aromatic heterocycles. The number of aliphatic hydroxyl groups is 1. The molecule has 0 fully saturated rings. The fraction of sp³-hybridized carbons (Fsp3) is 0.269. The summed E-state index contributed by atoms with van der Waals surface area (Å²) in [6, 6.07) is 17.6. The van der Waals surface area contributed by atoms with Gasteiger partial charge in [0, 0.05) is 5.56 Å². The fourth-order valence-corrected chi connectivity index (χ4v) is 3.68. The molecule has 1 aliphatic rings. The number of benzene rings is 2. The van der Waals surface area contributed by atoms with Crippen LogP contribution in [0.3, 0.4) is 0 Å². The Labute approximate surface area is 193 Å². The summed E-state index contributed by atoms with van der Waals surface area (Å²) in [5.41, 5.74) is 3.28. The number of hydrogen-bond acceptors (Lipinski definition) is 7. The summed E-state index contributed by atoms with van der Waals surface area (Å²) in [5, 5.41) is 20.7. The van der Waals surface area contributed by atoms with E-state index in [1.165, 1.54) is 5.06 Å². The van der Waals surface area contributed by atoms with Crippen molar-refractivity contribution in [3.63, 3.8) is 0 Å². The van der Waals surface area contributed by atoms with Crippen molar-refractivity contribution in [3.8, 4) is 5.75 Å². The molecule has 2 aromatic carbocycles. The Morgan fingerprint density at radius 1 is 1.03 bits per heavy atom. The van der Waals surface area contributed by atoms with Gasteiger partial charge < -0.3 is 9.84 Å². The van der Waals surface area contributed by atoms with Crippen LogP contribution in [0, 0.1) is 13.8 Å². The zero-order chi connectivity index (χ0) is 23.5. The third kappa shape index (κ3) is 4.88. The lowest BCUT2D eigenvalue weighted by atomic mass is 9.89. The number of anilines is 1. The number of aryl methyl sites for hydroxylation is 2. The lowest BCUT2D eigenvalue weighted by Crippen LogP contribution is -2.39. The second-order valence-corrected chi connectivity index (χ2v) is 8.33. The number of carbonyl (C=O) groups is 1. The zero-order valence-corrected chi connectivity index (χ0v) is 19.1. The van der Waals surface area contributed by atoms with Gasteiger partial charge in [-0.2, -0.15) is 5.10 Å². The molecule has 2 heterocycles. The third-order valence-corrected chi connectivity index (χ3v) is 5.29. The quantitative estimate of drug-likeness (QED) is 0.530. The number of nitrogens with zero attached hydrogens (tertiary/aromatic N) is 3. The van der Waals surface area contributed by atoms with E-state index in [4.69, 9.17) is 9.57 Å². The van der Waals surface area contributed by atoms with E-state index >= 15 is 0 Å². The molecule has 7 heteroatoms. The SMILES string of the molecule is Cc1ccc(C(=O)C2=C(O)CON(c3ccc(C)nn3)C2c2ccc(OC(C)C)cc2)cc1. The van der Waals surface area contributed by atoms with E-state index in [2.05, 4.69) is 10.2 Å². The lowest BCUT2D eigenvalue weighted by Gasteiger charge is -2.36. The van der Waals surface area contributed by atoms with Crippen LogP contribution >= 0.6 is 0 Å². The molecule has 170 valence electrons. The largest absolute Gasteiger partial charge is 0.509 e. The molecule has 1 unspecified atom stereocenters. The molecule has 1 N–H and O–H groups in total. The van der Waals surface area contributed by atoms with E-state index in [1.807, 2.05) is 70.2 Å². The molecule has 0 radical (unpaired) electrons. The van der Waals surface area contributed by atoms with Gasteiger partial charge in [-0.1, -0.05) is 42.0 Å². The Morgan fingerprint density at radius 3 is 2.33 bits per heavy atom. The Hall–Kier alpha value is -3.71. The van der Waals surface area contributed by atoms with Gasteiger partial charge in [0.05, 0.1) is 17.4 Å². The molecule has 33 heavy (non-hydrogen) atoms. The smallest absolute Gasteiger partial charge is 0.195 e. The van der Waals surface area contributed by atoms with Crippen molar-refractivity contribution in [1.82, 2.24) is 10.2 Å². The molecule has 0 spiro atoms. The van der Waals surface area contributed by atoms with Crippen LogP contribution in [0.15, 0.2) is 72.0 Å². The molecule has 0 saturated carbocycles.